The van der Waals surface area contributed by atoms with Gasteiger partial charge in [0, 0.05) is 0 Å². The molecule has 0 saturated heterocycles. The van der Waals surface area contributed by atoms with Crippen LogP contribution in [-0.4, -0.2) is 6.61 Å². The molecule has 0 amide bonds. The van der Waals surface area contributed by atoms with E-state index >= 15 is 0 Å². The Morgan fingerprint density at radius 1 is 1.16 bits per heavy atom. The zero-order chi connectivity index (χ0) is 13.8. The van der Waals surface area contributed by atoms with Crippen LogP contribution >= 0.6 is 0 Å². The van der Waals surface area contributed by atoms with Crippen molar-refractivity contribution in [3.8, 4) is 5.75 Å². The number of rotatable bonds is 4. The van der Waals surface area contributed by atoms with Crippen LogP contribution in [0.4, 0.5) is 4.39 Å². The van der Waals surface area contributed by atoms with Crippen molar-refractivity contribution in [2.24, 2.45) is 5.73 Å². The Bertz CT molecular complexity index is 568. The second-order valence-corrected chi connectivity index (χ2v) is 4.71. The number of hydrogen-bond acceptors (Lipinski definition) is 2. The third-order valence-corrected chi connectivity index (χ3v) is 3.09. The predicted molar refractivity (Wildman–Crippen MR) is 74.7 cm³/mol. The fourth-order valence-corrected chi connectivity index (χ4v) is 1.99. The van der Waals surface area contributed by atoms with Crippen LogP contribution in [0.3, 0.4) is 0 Å². The van der Waals surface area contributed by atoms with Gasteiger partial charge < -0.3 is 10.5 Å². The van der Waals surface area contributed by atoms with Crippen LogP contribution in [0, 0.1) is 19.7 Å². The highest BCUT2D eigenvalue weighted by atomic mass is 19.1. The lowest BCUT2D eigenvalue weighted by Crippen LogP contribution is -2.20. The molecule has 0 saturated carbocycles. The Balaban J connectivity index is 2.07. The van der Waals surface area contributed by atoms with Crippen LogP contribution in [0.1, 0.15) is 22.7 Å². The van der Waals surface area contributed by atoms with E-state index in [1.54, 1.807) is 18.2 Å². The minimum Gasteiger partial charge on any atom is -0.489 e. The second kappa shape index (κ2) is 5.85. The van der Waals surface area contributed by atoms with Gasteiger partial charge in [-0.3, -0.25) is 0 Å². The molecule has 2 aromatic carbocycles. The van der Waals surface area contributed by atoms with Gasteiger partial charge in [0.15, 0.2) is 11.6 Å². The highest BCUT2D eigenvalue weighted by Crippen LogP contribution is 2.20. The molecule has 100 valence electrons. The molecular weight excluding hydrogens is 241 g/mol. The normalized spacial score (nSPS) is 12.2. The quantitative estimate of drug-likeness (QED) is 0.911. The molecule has 0 aliphatic heterocycles. The topological polar surface area (TPSA) is 35.2 Å². The van der Waals surface area contributed by atoms with Gasteiger partial charge in [-0.25, -0.2) is 4.39 Å². The third kappa shape index (κ3) is 3.32. The molecule has 0 radical (unpaired) electrons. The van der Waals surface area contributed by atoms with E-state index in [1.807, 2.05) is 32.0 Å². The van der Waals surface area contributed by atoms with Crippen LogP contribution in [0.5, 0.6) is 5.75 Å². The lowest BCUT2D eigenvalue weighted by Gasteiger charge is -2.16. The fourth-order valence-electron chi connectivity index (χ4n) is 1.99. The highest BCUT2D eigenvalue weighted by Gasteiger charge is 2.11. The molecule has 2 rings (SSSR count). The van der Waals surface area contributed by atoms with Crippen molar-refractivity contribution in [3.63, 3.8) is 0 Å². The van der Waals surface area contributed by atoms with Gasteiger partial charge >= 0.3 is 0 Å². The maximum Gasteiger partial charge on any atom is 0.165 e. The van der Waals surface area contributed by atoms with Crippen molar-refractivity contribution < 1.29 is 9.13 Å². The molecule has 0 aliphatic rings. The smallest absolute Gasteiger partial charge is 0.165 e. The van der Waals surface area contributed by atoms with Crippen LogP contribution in [-0.2, 0) is 0 Å². The summed E-state index contributed by atoms with van der Waals surface area (Å²) in [4.78, 5) is 0. The van der Waals surface area contributed by atoms with Gasteiger partial charge in [0.05, 0.1) is 6.04 Å². The zero-order valence-electron chi connectivity index (χ0n) is 11.2. The summed E-state index contributed by atoms with van der Waals surface area (Å²) < 4.78 is 18.9. The van der Waals surface area contributed by atoms with Gasteiger partial charge in [-0.15, -0.1) is 0 Å². The zero-order valence-corrected chi connectivity index (χ0v) is 11.2. The number of halogens is 1. The van der Waals surface area contributed by atoms with Crippen molar-refractivity contribution in [1.82, 2.24) is 0 Å². The van der Waals surface area contributed by atoms with Gasteiger partial charge in [-0.1, -0.05) is 35.9 Å². The van der Waals surface area contributed by atoms with Gasteiger partial charge in [0.2, 0.25) is 0 Å². The van der Waals surface area contributed by atoms with Gasteiger partial charge in [-0.05, 0) is 37.1 Å². The lowest BCUT2D eigenvalue weighted by molar-refractivity contribution is 0.277. The first-order chi connectivity index (χ1) is 9.08. The molecule has 2 nitrogen and oxygen atoms in total. The summed E-state index contributed by atoms with van der Waals surface area (Å²) in [6.45, 7) is 4.29. The molecule has 0 bridgehead atoms. The molecule has 2 N–H and O–H groups in total. The summed E-state index contributed by atoms with van der Waals surface area (Å²) in [6.07, 6.45) is 0. The largest absolute Gasteiger partial charge is 0.489 e. The number of aryl methyl sites for hydroxylation is 2. The van der Waals surface area contributed by atoms with E-state index in [2.05, 4.69) is 0 Å². The van der Waals surface area contributed by atoms with E-state index in [0.717, 1.165) is 16.7 Å². The monoisotopic (exact) mass is 259 g/mol. The van der Waals surface area contributed by atoms with Crippen molar-refractivity contribution in [2.75, 3.05) is 6.61 Å². The number of benzene rings is 2. The molecule has 0 aromatic heterocycles. The molecule has 2 aromatic rings. The summed E-state index contributed by atoms with van der Waals surface area (Å²) in [7, 11) is 0. The molecule has 0 fully saturated rings. The molecule has 0 heterocycles. The summed E-state index contributed by atoms with van der Waals surface area (Å²) >= 11 is 0. The van der Waals surface area contributed by atoms with E-state index in [4.69, 9.17) is 10.5 Å². The summed E-state index contributed by atoms with van der Waals surface area (Å²) in [5.74, 6) is -0.126. The van der Waals surface area contributed by atoms with Gasteiger partial charge in [0.1, 0.15) is 6.61 Å². The molecule has 1 unspecified atom stereocenters. The van der Waals surface area contributed by atoms with Crippen molar-refractivity contribution in [2.45, 2.75) is 19.9 Å². The van der Waals surface area contributed by atoms with Crippen molar-refractivity contribution in [3.05, 3.63) is 65.0 Å². The standard InChI is InChI=1S/C16H18FNO/c1-11-7-8-12(2)13(9-11)15(18)10-19-16-6-4-3-5-14(16)17/h3-9,15H,10,18H2,1-2H3. The van der Waals surface area contributed by atoms with Crippen LogP contribution in [0.2, 0.25) is 0 Å². The maximum atomic E-state index is 13.4. The van der Waals surface area contributed by atoms with E-state index in [-0.39, 0.29) is 24.2 Å². The predicted octanol–water partition coefficient (Wildman–Crippen LogP) is 3.52. The van der Waals surface area contributed by atoms with E-state index in [0.29, 0.717) is 0 Å². The van der Waals surface area contributed by atoms with Crippen LogP contribution in [0.25, 0.3) is 0 Å². The molecule has 1 atom stereocenters. The number of ether oxygens (including phenoxy) is 1. The average molecular weight is 259 g/mol. The van der Waals surface area contributed by atoms with E-state index in [1.165, 1.54) is 6.07 Å². The number of para-hydroxylation sites is 1. The molecule has 0 aliphatic carbocycles. The molecular formula is C16H18FNO. The first-order valence-electron chi connectivity index (χ1n) is 6.28. The minimum absolute atomic E-state index is 0.239. The van der Waals surface area contributed by atoms with Crippen molar-refractivity contribution >= 4 is 0 Å². The summed E-state index contributed by atoms with van der Waals surface area (Å²) in [5, 5.41) is 0. The Morgan fingerprint density at radius 3 is 2.63 bits per heavy atom. The maximum absolute atomic E-state index is 13.4. The van der Waals surface area contributed by atoms with Crippen molar-refractivity contribution in [1.29, 1.82) is 0 Å². The second-order valence-electron chi connectivity index (χ2n) is 4.71. The summed E-state index contributed by atoms with van der Waals surface area (Å²) in [6, 6.07) is 12.2. The summed E-state index contributed by atoms with van der Waals surface area (Å²) in [5.41, 5.74) is 9.43. The average Bonchev–Trinajstić information content (AvgIpc) is 2.40. The van der Waals surface area contributed by atoms with E-state index < -0.39 is 0 Å². The Hall–Kier alpha value is -1.87. The minimum atomic E-state index is -0.365. The highest BCUT2D eigenvalue weighted by molar-refractivity contribution is 5.33. The fraction of sp³-hybridized carbons (Fsp3) is 0.250. The Kier molecular flexibility index (Phi) is 4.17. The molecule has 0 spiro atoms. The first kappa shape index (κ1) is 13.6. The van der Waals surface area contributed by atoms with Gasteiger partial charge in [-0.2, -0.15) is 0 Å². The van der Waals surface area contributed by atoms with Gasteiger partial charge in [0.25, 0.3) is 0 Å². The first-order valence-corrected chi connectivity index (χ1v) is 6.28. The van der Waals surface area contributed by atoms with E-state index in [9.17, 15) is 4.39 Å². The SMILES string of the molecule is Cc1ccc(C)c(C(N)COc2ccccc2F)c1. The molecule has 19 heavy (non-hydrogen) atoms. The van der Waals surface area contributed by atoms with Crippen LogP contribution < -0.4 is 10.5 Å². The number of hydrogen-bond donors (Lipinski definition) is 1. The third-order valence-electron chi connectivity index (χ3n) is 3.09. The number of nitrogens with two attached hydrogens (primary N) is 1. The Morgan fingerprint density at radius 2 is 1.89 bits per heavy atom. The lowest BCUT2D eigenvalue weighted by atomic mass is 10.00. The molecule has 3 heteroatoms. The van der Waals surface area contributed by atoms with Crippen LogP contribution in [0.15, 0.2) is 42.5 Å². The Labute approximate surface area is 113 Å².